The van der Waals surface area contributed by atoms with Gasteiger partial charge in [-0.05, 0) is 61.8 Å². The molecular formula is C30H25NO3. The predicted molar refractivity (Wildman–Crippen MR) is 131 cm³/mol. The lowest BCUT2D eigenvalue weighted by atomic mass is 9.73. The van der Waals surface area contributed by atoms with Gasteiger partial charge in [0.1, 0.15) is 11.5 Å². The Morgan fingerprint density at radius 2 is 1.74 bits per heavy atom. The Morgan fingerprint density at radius 1 is 0.853 bits per heavy atom. The molecular weight excluding hydrogens is 422 g/mol. The van der Waals surface area contributed by atoms with Crippen LogP contribution in [0.15, 0.2) is 48.5 Å². The molecule has 5 aliphatic rings. The SMILES string of the molecule is O=C1OC2(c3ccccc31)c1ccc3c(c1Oc1c2cc2c4c1CCCN4CCC2)C=CCC3. The maximum Gasteiger partial charge on any atom is 0.340 e. The number of ether oxygens (including phenoxy) is 2. The second-order valence-corrected chi connectivity index (χ2v) is 10.1. The lowest BCUT2D eigenvalue weighted by Crippen LogP contribution is -2.38. The van der Waals surface area contributed by atoms with Gasteiger partial charge in [-0.1, -0.05) is 42.5 Å². The molecule has 1 atom stereocenters. The van der Waals surface area contributed by atoms with E-state index in [1.54, 1.807) is 0 Å². The number of carbonyl (C=O) groups is 1. The molecule has 3 aromatic carbocycles. The Labute approximate surface area is 198 Å². The molecule has 1 unspecified atom stereocenters. The number of benzene rings is 3. The first-order valence-electron chi connectivity index (χ1n) is 12.5. The highest BCUT2D eigenvalue weighted by Crippen LogP contribution is 2.60. The largest absolute Gasteiger partial charge is 0.455 e. The van der Waals surface area contributed by atoms with Crippen molar-refractivity contribution >= 4 is 17.7 Å². The molecule has 0 saturated carbocycles. The van der Waals surface area contributed by atoms with Crippen LogP contribution in [-0.2, 0) is 29.6 Å². The summed E-state index contributed by atoms with van der Waals surface area (Å²) in [5, 5.41) is 0. The first-order chi connectivity index (χ1) is 16.8. The highest BCUT2D eigenvalue weighted by Gasteiger charge is 2.55. The molecule has 0 saturated heterocycles. The van der Waals surface area contributed by atoms with Crippen molar-refractivity contribution < 1.29 is 14.3 Å². The van der Waals surface area contributed by atoms with Gasteiger partial charge in [-0.3, -0.25) is 0 Å². The van der Waals surface area contributed by atoms with Gasteiger partial charge in [0.2, 0.25) is 0 Å². The van der Waals surface area contributed by atoms with Crippen LogP contribution in [0.3, 0.4) is 0 Å². The minimum Gasteiger partial charge on any atom is -0.455 e. The predicted octanol–water partition coefficient (Wildman–Crippen LogP) is 5.91. The van der Waals surface area contributed by atoms with Crippen molar-refractivity contribution in [2.75, 3.05) is 18.0 Å². The number of anilines is 1. The van der Waals surface area contributed by atoms with E-state index in [4.69, 9.17) is 9.47 Å². The second-order valence-electron chi connectivity index (χ2n) is 10.1. The van der Waals surface area contributed by atoms with Gasteiger partial charge in [-0.25, -0.2) is 4.79 Å². The van der Waals surface area contributed by atoms with E-state index in [1.807, 2.05) is 18.2 Å². The highest BCUT2D eigenvalue weighted by atomic mass is 16.6. The third-order valence-corrected chi connectivity index (χ3v) is 8.36. The molecule has 4 aliphatic heterocycles. The molecule has 0 amide bonds. The number of esters is 1. The number of hydrogen-bond donors (Lipinski definition) is 0. The summed E-state index contributed by atoms with van der Waals surface area (Å²) in [7, 11) is 0. The van der Waals surface area contributed by atoms with Gasteiger partial charge >= 0.3 is 5.97 Å². The fraction of sp³-hybridized carbons (Fsp3) is 0.300. The topological polar surface area (TPSA) is 38.8 Å². The van der Waals surface area contributed by atoms with Crippen molar-refractivity contribution in [1.82, 2.24) is 0 Å². The molecule has 4 heteroatoms. The lowest BCUT2D eigenvalue weighted by molar-refractivity contribution is 0.0223. The normalized spacial score (nSPS) is 22.8. The molecule has 4 heterocycles. The molecule has 0 N–H and O–H groups in total. The molecule has 1 aliphatic carbocycles. The van der Waals surface area contributed by atoms with Crippen LogP contribution >= 0.6 is 0 Å². The monoisotopic (exact) mass is 447 g/mol. The Balaban J connectivity index is 1.51. The van der Waals surface area contributed by atoms with E-state index in [9.17, 15) is 4.79 Å². The smallest absolute Gasteiger partial charge is 0.340 e. The Bertz CT molecular complexity index is 1450. The van der Waals surface area contributed by atoms with Crippen molar-refractivity contribution in [3.8, 4) is 11.5 Å². The zero-order chi connectivity index (χ0) is 22.4. The van der Waals surface area contributed by atoms with Gasteiger partial charge in [0.15, 0.2) is 5.60 Å². The molecule has 3 aromatic rings. The maximum atomic E-state index is 13.3. The van der Waals surface area contributed by atoms with Crippen LogP contribution in [-0.4, -0.2) is 19.1 Å². The van der Waals surface area contributed by atoms with E-state index in [2.05, 4.69) is 41.3 Å². The summed E-state index contributed by atoms with van der Waals surface area (Å²) in [5.41, 5.74) is 9.01. The standard InChI is InChI=1S/C30H25NO3/c32-29-21-10-3-4-12-23(21)30(34-29)24-14-13-18-7-1-2-9-20(18)27(24)33-28-22-11-6-16-31-15-5-8-19(26(22)31)17-25(28)30/h2-4,9-10,12-14,17H,1,5-8,11,15-16H2. The van der Waals surface area contributed by atoms with E-state index in [-0.39, 0.29) is 5.97 Å². The van der Waals surface area contributed by atoms with Crippen LogP contribution in [0, 0.1) is 0 Å². The summed E-state index contributed by atoms with van der Waals surface area (Å²) in [4.78, 5) is 15.8. The fourth-order valence-corrected chi connectivity index (χ4v) is 6.94. The van der Waals surface area contributed by atoms with Crippen LogP contribution in [0.1, 0.15) is 68.6 Å². The average Bonchev–Trinajstić information content (AvgIpc) is 3.18. The number of nitrogens with zero attached hydrogens (tertiary/aromatic N) is 1. The Morgan fingerprint density at radius 3 is 2.68 bits per heavy atom. The number of fused-ring (bicyclic) bond motifs is 9. The van der Waals surface area contributed by atoms with E-state index < -0.39 is 5.60 Å². The summed E-state index contributed by atoms with van der Waals surface area (Å²) in [6.07, 6.45) is 10.8. The summed E-state index contributed by atoms with van der Waals surface area (Å²) in [6.45, 7) is 2.22. The maximum absolute atomic E-state index is 13.3. The minimum absolute atomic E-state index is 0.254. The second kappa shape index (κ2) is 6.53. The molecule has 34 heavy (non-hydrogen) atoms. The lowest BCUT2D eigenvalue weighted by Gasteiger charge is -2.43. The number of hydrogen-bond acceptors (Lipinski definition) is 4. The minimum atomic E-state index is -0.970. The first kappa shape index (κ1) is 18.8. The first-order valence-corrected chi connectivity index (χ1v) is 12.5. The van der Waals surface area contributed by atoms with Gasteiger partial charge in [0, 0.05) is 46.6 Å². The highest BCUT2D eigenvalue weighted by molar-refractivity contribution is 5.97. The Hall–Kier alpha value is -3.53. The van der Waals surface area contributed by atoms with E-state index in [0.29, 0.717) is 5.56 Å². The van der Waals surface area contributed by atoms with E-state index >= 15 is 0 Å². The third kappa shape index (κ3) is 2.22. The van der Waals surface area contributed by atoms with Crippen LogP contribution in [0.25, 0.3) is 6.08 Å². The zero-order valence-corrected chi connectivity index (χ0v) is 19.0. The van der Waals surface area contributed by atoms with Crippen molar-refractivity contribution in [1.29, 1.82) is 0 Å². The number of aryl methyl sites for hydroxylation is 2. The Kier molecular flexibility index (Phi) is 3.62. The van der Waals surface area contributed by atoms with Crippen LogP contribution in [0.4, 0.5) is 5.69 Å². The summed E-state index contributed by atoms with van der Waals surface area (Å²) < 4.78 is 13.4. The van der Waals surface area contributed by atoms with Gasteiger partial charge < -0.3 is 14.4 Å². The van der Waals surface area contributed by atoms with E-state index in [1.165, 1.54) is 22.4 Å². The van der Waals surface area contributed by atoms with Crippen LogP contribution in [0.2, 0.25) is 0 Å². The van der Waals surface area contributed by atoms with Crippen LogP contribution in [0.5, 0.6) is 11.5 Å². The molecule has 168 valence electrons. The van der Waals surface area contributed by atoms with Crippen molar-refractivity contribution in [3.63, 3.8) is 0 Å². The number of rotatable bonds is 0. The molecule has 8 rings (SSSR count). The number of carbonyl (C=O) groups excluding carboxylic acids is 1. The van der Waals surface area contributed by atoms with Gasteiger partial charge in [-0.2, -0.15) is 0 Å². The summed E-state index contributed by atoms with van der Waals surface area (Å²) in [5.74, 6) is 1.51. The van der Waals surface area contributed by atoms with Crippen molar-refractivity contribution in [2.45, 2.75) is 44.1 Å². The molecule has 0 fully saturated rings. The molecule has 0 radical (unpaired) electrons. The van der Waals surface area contributed by atoms with E-state index in [0.717, 1.165) is 85.4 Å². The summed E-state index contributed by atoms with van der Waals surface area (Å²) in [6, 6.07) is 14.5. The summed E-state index contributed by atoms with van der Waals surface area (Å²) >= 11 is 0. The molecule has 0 bridgehead atoms. The molecule has 0 aromatic heterocycles. The van der Waals surface area contributed by atoms with Crippen LogP contribution < -0.4 is 9.64 Å². The van der Waals surface area contributed by atoms with Crippen molar-refractivity contribution in [2.24, 2.45) is 0 Å². The molecule has 1 spiro atoms. The third-order valence-electron chi connectivity index (χ3n) is 8.36. The van der Waals surface area contributed by atoms with Crippen molar-refractivity contribution in [3.05, 3.63) is 93.0 Å². The quantitative estimate of drug-likeness (QED) is 0.402. The fourth-order valence-electron chi connectivity index (χ4n) is 6.94. The van der Waals surface area contributed by atoms with Gasteiger partial charge in [0.05, 0.1) is 5.56 Å². The molecule has 4 nitrogen and oxygen atoms in total. The zero-order valence-electron chi connectivity index (χ0n) is 19.0. The average molecular weight is 448 g/mol. The van der Waals surface area contributed by atoms with Gasteiger partial charge in [-0.15, -0.1) is 0 Å². The van der Waals surface area contributed by atoms with Gasteiger partial charge in [0.25, 0.3) is 0 Å². The number of allylic oxidation sites excluding steroid dienone is 1.